The molecule has 1 amide bonds. The molecule has 2 aromatic heterocycles. The maximum absolute atomic E-state index is 12.9. The average molecular weight is 346 g/mol. The highest BCUT2D eigenvalue weighted by molar-refractivity contribution is 5.94. The first-order valence-corrected chi connectivity index (χ1v) is 8.36. The molecule has 2 atom stereocenters. The third-order valence-electron chi connectivity index (χ3n) is 4.14. The fraction of sp³-hybridized carbons (Fsp3) is 0.529. The van der Waals surface area contributed by atoms with Gasteiger partial charge in [-0.15, -0.1) is 0 Å². The maximum atomic E-state index is 12.9. The monoisotopic (exact) mass is 346 g/mol. The number of pyridine rings is 1. The van der Waals surface area contributed by atoms with Crippen molar-refractivity contribution in [2.24, 2.45) is 5.92 Å². The predicted octanol–water partition coefficient (Wildman–Crippen LogP) is 1.21. The molecule has 1 fully saturated rings. The van der Waals surface area contributed by atoms with E-state index in [0.717, 1.165) is 5.69 Å². The van der Waals surface area contributed by atoms with Gasteiger partial charge in [-0.05, 0) is 25.3 Å². The Morgan fingerprint density at radius 1 is 1.48 bits per heavy atom. The fourth-order valence-electron chi connectivity index (χ4n) is 3.16. The molecule has 0 radical (unpaired) electrons. The van der Waals surface area contributed by atoms with Crippen molar-refractivity contribution < 1.29 is 14.4 Å². The zero-order valence-electron chi connectivity index (χ0n) is 14.5. The number of hydrogen-bond donors (Lipinski definition) is 2. The van der Waals surface area contributed by atoms with Crippen LogP contribution in [-0.4, -0.2) is 43.7 Å². The first-order chi connectivity index (χ1) is 11.8. The molecule has 134 valence electrons. The minimum absolute atomic E-state index is 0.164. The van der Waals surface area contributed by atoms with Crippen LogP contribution in [0.4, 0.5) is 0 Å². The Hall–Kier alpha value is -2.48. The molecule has 0 aliphatic carbocycles. The Morgan fingerprint density at radius 3 is 2.88 bits per heavy atom. The van der Waals surface area contributed by atoms with E-state index >= 15 is 0 Å². The van der Waals surface area contributed by atoms with Crippen LogP contribution in [-0.2, 0) is 6.42 Å². The van der Waals surface area contributed by atoms with E-state index in [-0.39, 0.29) is 18.0 Å². The van der Waals surface area contributed by atoms with Gasteiger partial charge in [0.2, 0.25) is 11.4 Å². The van der Waals surface area contributed by atoms with Crippen LogP contribution in [0.15, 0.2) is 21.5 Å². The summed E-state index contributed by atoms with van der Waals surface area (Å²) in [5, 5.41) is 13.8. The number of H-pyrrole nitrogens is 1. The molecule has 3 heterocycles. The molecular weight excluding hydrogens is 324 g/mol. The lowest BCUT2D eigenvalue weighted by molar-refractivity contribution is 0.0693. The quantitative estimate of drug-likeness (QED) is 0.860. The molecule has 1 saturated heterocycles. The Balaban J connectivity index is 1.91. The summed E-state index contributed by atoms with van der Waals surface area (Å²) in [7, 11) is 0. The van der Waals surface area contributed by atoms with Crippen molar-refractivity contribution in [2.45, 2.75) is 45.8 Å². The number of β-amino-alcohol motifs (C(OH)–C–C–N with tert-alkyl or cyclic N) is 1. The van der Waals surface area contributed by atoms with Crippen LogP contribution in [0, 0.1) is 12.8 Å². The van der Waals surface area contributed by atoms with E-state index in [2.05, 4.69) is 15.1 Å². The van der Waals surface area contributed by atoms with Gasteiger partial charge in [-0.25, -0.2) is 0 Å². The fourth-order valence-corrected chi connectivity index (χ4v) is 3.16. The van der Waals surface area contributed by atoms with Gasteiger partial charge in [0.1, 0.15) is 6.04 Å². The lowest BCUT2D eigenvalue weighted by Gasteiger charge is -2.21. The van der Waals surface area contributed by atoms with Gasteiger partial charge < -0.3 is 19.5 Å². The molecule has 2 N–H and O–H groups in total. The molecule has 2 aromatic rings. The van der Waals surface area contributed by atoms with Crippen molar-refractivity contribution in [3.05, 3.63) is 45.5 Å². The van der Waals surface area contributed by atoms with E-state index in [0.29, 0.717) is 36.0 Å². The molecule has 0 spiro atoms. The van der Waals surface area contributed by atoms with Gasteiger partial charge in [0.25, 0.3) is 5.91 Å². The Bertz CT molecular complexity index is 826. The average Bonchev–Trinajstić information content (AvgIpc) is 3.11. The van der Waals surface area contributed by atoms with Crippen molar-refractivity contribution in [2.75, 3.05) is 6.54 Å². The second-order valence-corrected chi connectivity index (χ2v) is 6.90. The highest BCUT2D eigenvalue weighted by atomic mass is 16.5. The smallest absolute Gasteiger partial charge is 0.254 e. The summed E-state index contributed by atoms with van der Waals surface area (Å²) in [6.07, 6.45) is 0.332. The van der Waals surface area contributed by atoms with Gasteiger partial charge in [-0.1, -0.05) is 19.0 Å². The van der Waals surface area contributed by atoms with Gasteiger partial charge in [0, 0.05) is 30.3 Å². The zero-order valence-corrected chi connectivity index (χ0v) is 14.5. The van der Waals surface area contributed by atoms with Crippen LogP contribution in [0.1, 0.15) is 54.1 Å². The number of aromatic nitrogens is 3. The Morgan fingerprint density at radius 2 is 2.24 bits per heavy atom. The summed E-state index contributed by atoms with van der Waals surface area (Å²) in [5.74, 6) is 0.797. The Labute approximate surface area is 144 Å². The number of likely N-dealkylation sites (tertiary alicyclic amines) is 1. The molecule has 3 rings (SSSR count). The van der Waals surface area contributed by atoms with Gasteiger partial charge in [-0.2, -0.15) is 4.98 Å². The number of nitrogens with one attached hydrogen (secondary N) is 1. The third-order valence-corrected chi connectivity index (χ3v) is 4.14. The standard InChI is InChI=1S/C17H22N4O4/c1-9(2)4-12-5-11(6-15(23)19-12)17(24)21-8-13(22)7-14(21)16-18-10(3)20-25-16/h5-6,9,13-14,22H,4,7-8H2,1-3H3,(H,19,23)/t13-,14+/m0/s1. The molecule has 8 heteroatoms. The second kappa shape index (κ2) is 6.79. The molecule has 1 aliphatic rings. The molecule has 0 bridgehead atoms. The maximum Gasteiger partial charge on any atom is 0.254 e. The summed E-state index contributed by atoms with van der Waals surface area (Å²) < 4.78 is 5.18. The molecule has 0 aromatic carbocycles. The largest absolute Gasteiger partial charge is 0.391 e. The van der Waals surface area contributed by atoms with Gasteiger partial charge in [-0.3, -0.25) is 9.59 Å². The highest BCUT2D eigenvalue weighted by Gasteiger charge is 2.39. The van der Waals surface area contributed by atoms with Crippen molar-refractivity contribution in [3.8, 4) is 0 Å². The van der Waals surface area contributed by atoms with Crippen molar-refractivity contribution in [3.63, 3.8) is 0 Å². The molecular formula is C17H22N4O4. The first kappa shape index (κ1) is 17.3. The number of aliphatic hydroxyl groups excluding tert-OH is 1. The second-order valence-electron chi connectivity index (χ2n) is 6.90. The molecule has 0 unspecified atom stereocenters. The van der Waals surface area contributed by atoms with E-state index in [1.54, 1.807) is 13.0 Å². The summed E-state index contributed by atoms with van der Waals surface area (Å²) >= 11 is 0. The van der Waals surface area contributed by atoms with Gasteiger partial charge in [0.05, 0.1) is 6.10 Å². The third kappa shape index (κ3) is 3.79. The number of nitrogens with zero attached hydrogens (tertiary/aromatic N) is 3. The van der Waals surface area contributed by atoms with Crippen LogP contribution in [0.2, 0.25) is 0 Å². The molecule has 8 nitrogen and oxygen atoms in total. The predicted molar refractivity (Wildman–Crippen MR) is 89.0 cm³/mol. The highest BCUT2D eigenvalue weighted by Crippen LogP contribution is 2.32. The number of hydrogen-bond acceptors (Lipinski definition) is 6. The summed E-state index contributed by atoms with van der Waals surface area (Å²) in [4.78, 5) is 33.3. The van der Waals surface area contributed by atoms with Crippen molar-refractivity contribution in [1.82, 2.24) is 20.0 Å². The van der Waals surface area contributed by atoms with Gasteiger partial charge >= 0.3 is 0 Å². The van der Waals surface area contributed by atoms with E-state index in [4.69, 9.17) is 4.52 Å². The topological polar surface area (TPSA) is 112 Å². The van der Waals surface area contributed by atoms with Crippen LogP contribution in [0.3, 0.4) is 0 Å². The minimum atomic E-state index is -0.668. The van der Waals surface area contributed by atoms with Crippen LogP contribution in [0.5, 0.6) is 0 Å². The first-order valence-electron chi connectivity index (χ1n) is 8.36. The number of rotatable bonds is 4. The molecule has 0 saturated carbocycles. The number of aryl methyl sites for hydroxylation is 1. The lowest BCUT2D eigenvalue weighted by Crippen LogP contribution is -2.33. The van der Waals surface area contributed by atoms with Crippen molar-refractivity contribution in [1.29, 1.82) is 0 Å². The van der Waals surface area contributed by atoms with Gasteiger partial charge in [0.15, 0.2) is 5.82 Å². The summed E-state index contributed by atoms with van der Waals surface area (Å²) in [6.45, 7) is 5.94. The zero-order chi connectivity index (χ0) is 18.1. The number of carbonyl (C=O) groups is 1. The Kier molecular flexibility index (Phi) is 4.71. The van der Waals surface area contributed by atoms with E-state index in [9.17, 15) is 14.7 Å². The summed E-state index contributed by atoms with van der Waals surface area (Å²) in [6, 6.07) is 2.49. The number of aromatic amines is 1. The van der Waals surface area contributed by atoms with E-state index in [1.165, 1.54) is 11.0 Å². The normalized spacial score (nSPS) is 20.4. The number of amides is 1. The van der Waals surface area contributed by atoms with Crippen LogP contribution < -0.4 is 5.56 Å². The van der Waals surface area contributed by atoms with Crippen LogP contribution in [0.25, 0.3) is 0 Å². The van der Waals surface area contributed by atoms with E-state index in [1.807, 2.05) is 13.8 Å². The minimum Gasteiger partial charge on any atom is -0.391 e. The van der Waals surface area contributed by atoms with Crippen LogP contribution >= 0.6 is 0 Å². The summed E-state index contributed by atoms with van der Waals surface area (Å²) in [5.41, 5.74) is 0.706. The van der Waals surface area contributed by atoms with Crippen molar-refractivity contribution >= 4 is 5.91 Å². The molecule has 1 aliphatic heterocycles. The molecule has 25 heavy (non-hydrogen) atoms. The SMILES string of the molecule is Cc1noc([C@H]2C[C@H](O)CN2C(=O)c2cc(CC(C)C)[nH]c(=O)c2)n1. The number of aliphatic hydroxyl groups is 1. The van der Waals surface area contributed by atoms with E-state index < -0.39 is 12.1 Å². The number of carbonyl (C=O) groups excluding carboxylic acids is 1. The lowest BCUT2D eigenvalue weighted by atomic mass is 10.1.